The summed E-state index contributed by atoms with van der Waals surface area (Å²) in [5.41, 5.74) is 4.47. The highest BCUT2D eigenvalue weighted by Gasteiger charge is 2.47. The summed E-state index contributed by atoms with van der Waals surface area (Å²) in [6.07, 6.45) is 6.72. The Hall–Kier alpha value is -2.73. The molecule has 6 heteroatoms. The van der Waals surface area contributed by atoms with Gasteiger partial charge in [0.1, 0.15) is 5.75 Å². The number of benzene rings is 2. The van der Waals surface area contributed by atoms with Crippen LogP contribution in [-0.2, 0) is 0 Å². The Morgan fingerprint density at radius 1 is 1.09 bits per heavy atom. The Labute approximate surface area is 196 Å². The van der Waals surface area contributed by atoms with Crippen LogP contribution in [-0.4, -0.2) is 55.4 Å². The van der Waals surface area contributed by atoms with E-state index in [1.165, 1.54) is 24.8 Å². The number of nitrogens with zero attached hydrogens (tertiary/aromatic N) is 2. The molecule has 0 unspecified atom stereocenters. The maximum atomic E-state index is 13.4. The maximum absolute atomic E-state index is 13.4. The predicted octanol–water partition coefficient (Wildman–Crippen LogP) is 4.58. The fraction of sp³-hybridized carbons (Fsp3) is 0.519. The fourth-order valence-corrected chi connectivity index (χ4v) is 6.17. The highest BCUT2D eigenvalue weighted by Crippen LogP contribution is 2.49. The largest absolute Gasteiger partial charge is 0.497 e. The van der Waals surface area contributed by atoms with Crippen molar-refractivity contribution in [1.29, 1.82) is 0 Å². The molecule has 6 nitrogen and oxygen atoms in total. The lowest BCUT2D eigenvalue weighted by Crippen LogP contribution is -2.50. The molecule has 0 spiro atoms. The molecule has 2 aromatic rings. The molecule has 2 fully saturated rings. The minimum Gasteiger partial charge on any atom is -0.497 e. The number of anilines is 1. The molecule has 1 aliphatic carbocycles. The number of nitrogens with one attached hydrogen (secondary N) is 1. The minimum atomic E-state index is -0.0255. The van der Waals surface area contributed by atoms with Crippen molar-refractivity contribution < 1.29 is 14.6 Å². The summed E-state index contributed by atoms with van der Waals surface area (Å²) < 4.78 is 5.43. The number of likely N-dealkylation sites (N-methyl/N-ethyl adjacent to an activating group) is 1. The molecule has 0 bridgehead atoms. The number of aliphatic hydroxyl groups is 1. The van der Waals surface area contributed by atoms with Crippen molar-refractivity contribution in [3.63, 3.8) is 0 Å². The van der Waals surface area contributed by atoms with Gasteiger partial charge in [-0.3, -0.25) is 0 Å². The van der Waals surface area contributed by atoms with Gasteiger partial charge in [0.05, 0.1) is 25.8 Å². The number of carbonyl (C=O) groups excluding carboxylic acids is 1. The standard InChI is InChI=1S/C27H35N3O3/c1-29-24-12-11-19(18-7-6-10-21(15-18)33-2)16-23(24)26-22(25(29)17-31)13-14-30(26)27(32)28-20-8-4-3-5-9-20/h6-7,10-12,15-16,20,22,25-26,31H,3-5,8-9,13-14,17H2,1-2H3,(H,28,32)/t22-,25-,26-/m0/s1. The van der Waals surface area contributed by atoms with Gasteiger partial charge in [0.25, 0.3) is 0 Å². The number of carbonyl (C=O) groups is 1. The summed E-state index contributed by atoms with van der Waals surface area (Å²) in [4.78, 5) is 17.6. The monoisotopic (exact) mass is 449 g/mol. The van der Waals surface area contributed by atoms with Gasteiger partial charge in [-0.05, 0) is 60.2 Å². The highest BCUT2D eigenvalue weighted by atomic mass is 16.5. The van der Waals surface area contributed by atoms with Gasteiger partial charge in [0.2, 0.25) is 0 Å². The lowest BCUT2D eigenvalue weighted by atomic mass is 9.81. The highest BCUT2D eigenvalue weighted by molar-refractivity contribution is 5.78. The number of likely N-dealkylation sites (tertiary alicyclic amines) is 1. The number of methoxy groups -OCH3 is 1. The summed E-state index contributed by atoms with van der Waals surface area (Å²) in [6, 6.07) is 14.9. The molecular weight excluding hydrogens is 414 g/mol. The molecule has 1 saturated carbocycles. The fourth-order valence-electron chi connectivity index (χ4n) is 6.17. The van der Waals surface area contributed by atoms with E-state index in [1.54, 1.807) is 7.11 Å². The van der Waals surface area contributed by atoms with Crippen molar-refractivity contribution in [3.05, 3.63) is 48.0 Å². The first kappa shape index (κ1) is 22.1. The summed E-state index contributed by atoms with van der Waals surface area (Å²) in [5, 5.41) is 13.6. The van der Waals surface area contributed by atoms with Crippen LogP contribution in [0.1, 0.15) is 50.1 Å². The molecule has 0 aromatic heterocycles. The summed E-state index contributed by atoms with van der Waals surface area (Å²) in [5.74, 6) is 1.04. The third-order valence-corrected chi connectivity index (χ3v) is 7.95. The van der Waals surface area contributed by atoms with Crippen LogP contribution >= 0.6 is 0 Å². The van der Waals surface area contributed by atoms with Crippen molar-refractivity contribution in [3.8, 4) is 16.9 Å². The first-order valence-corrected chi connectivity index (χ1v) is 12.3. The smallest absolute Gasteiger partial charge is 0.318 e. The predicted molar refractivity (Wildman–Crippen MR) is 131 cm³/mol. The van der Waals surface area contributed by atoms with Crippen LogP contribution in [0.2, 0.25) is 0 Å². The quantitative estimate of drug-likeness (QED) is 0.717. The number of hydrogen-bond donors (Lipinski definition) is 2. The Kier molecular flexibility index (Phi) is 6.19. The Balaban J connectivity index is 1.50. The van der Waals surface area contributed by atoms with E-state index in [1.807, 2.05) is 23.1 Å². The van der Waals surface area contributed by atoms with Gasteiger partial charge in [-0.25, -0.2) is 4.79 Å². The molecular formula is C27H35N3O3. The maximum Gasteiger partial charge on any atom is 0.318 e. The first-order chi connectivity index (χ1) is 16.1. The number of urea groups is 1. The normalized spacial score (nSPS) is 24.9. The second-order valence-electron chi connectivity index (χ2n) is 9.74. The molecule has 1 saturated heterocycles. The third kappa shape index (κ3) is 4.05. The van der Waals surface area contributed by atoms with Gasteiger partial charge in [0.15, 0.2) is 0 Å². The summed E-state index contributed by atoms with van der Waals surface area (Å²) >= 11 is 0. The molecule has 2 aliphatic heterocycles. The van der Waals surface area contributed by atoms with Crippen LogP contribution in [0.15, 0.2) is 42.5 Å². The average molecular weight is 450 g/mol. The molecule has 3 aliphatic rings. The van der Waals surface area contributed by atoms with Gasteiger partial charge in [-0.15, -0.1) is 0 Å². The minimum absolute atomic E-state index is 0.0117. The van der Waals surface area contributed by atoms with E-state index in [0.29, 0.717) is 0 Å². The molecule has 2 aromatic carbocycles. The van der Waals surface area contributed by atoms with E-state index >= 15 is 0 Å². The van der Waals surface area contributed by atoms with Gasteiger partial charge >= 0.3 is 6.03 Å². The number of fused-ring (bicyclic) bond motifs is 3. The molecule has 2 N–H and O–H groups in total. The average Bonchev–Trinajstić information content (AvgIpc) is 3.30. The van der Waals surface area contributed by atoms with E-state index in [-0.39, 0.29) is 36.7 Å². The molecule has 2 amide bonds. The first-order valence-electron chi connectivity index (χ1n) is 12.3. The Morgan fingerprint density at radius 3 is 2.64 bits per heavy atom. The lowest BCUT2D eigenvalue weighted by Gasteiger charge is -2.44. The molecule has 33 heavy (non-hydrogen) atoms. The van der Waals surface area contributed by atoms with Crippen LogP contribution in [0.25, 0.3) is 11.1 Å². The summed E-state index contributed by atoms with van der Waals surface area (Å²) in [6.45, 7) is 0.813. The zero-order valence-corrected chi connectivity index (χ0v) is 19.7. The number of ether oxygens (including phenoxy) is 1. The van der Waals surface area contributed by atoms with Crippen LogP contribution in [0.4, 0.5) is 10.5 Å². The number of amides is 2. The van der Waals surface area contributed by atoms with Crippen molar-refractivity contribution in [2.45, 2.75) is 56.7 Å². The number of aliphatic hydroxyl groups excluding tert-OH is 1. The topological polar surface area (TPSA) is 65.0 Å². The second-order valence-corrected chi connectivity index (χ2v) is 9.74. The van der Waals surface area contributed by atoms with Crippen LogP contribution in [0, 0.1) is 5.92 Å². The molecule has 3 atom stereocenters. The zero-order chi connectivity index (χ0) is 22.9. The van der Waals surface area contributed by atoms with Gasteiger partial charge in [0, 0.05) is 31.2 Å². The number of hydrogen-bond acceptors (Lipinski definition) is 4. The van der Waals surface area contributed by atoms with E-state index in [4.69, 9.17) is 4.74 Å². The number of rotatable bonds is 4. The van der Waals surface area contributed by atoms with Gasteiger partial charge < -0.3 is 25.0 Å². The van der Waals surface area contributed by atoms with Gasteiger partial charge in [-0.2, -0.15) is 0 Å². The van der Waals surface area contributed by atoms with E-state index in [0.717, 1.165) is 48.4 Å². The van der Waals surface area contributed by atoms with E-state index < -0.39 is 0 Å². The molecule has 2 heterocycles. The van der Waals surface area contributed by atoms with Crippen molar-refractivity contribution >= 4 is 11.7 Å². The van der Waals surface area contributed by atoms with Crippen molar-refractivity contribution in [2.75, 3.05) is 32.2 Å². The zero-order valence-electron chi connectivity index (χ0n) is 19.7. The van der Waals surface area contributed by atoms with Crippen LogP contribution in [0.3, 0.4) is 0 Å². The van der Waals surface area contributed by atoms with Crippen molar-refractivity contribution in [1.82, 2.24) is 10.2 Å². The lowest BCUT2D eigenvalue weighted by molar-refractivity contribution is 0.156. The second kappa shape index (κ2) is 9.26. The third-order valence-electron chi connectivity index (χ3n) is 7.95. The van der Waals surface area contributed by atoms with Gasteiger partial charge in [-0.1, -0.05) is 37.5 Å². The van der Waals surface area contributed by atoms with Crippen LogP contribution in [0.5, 0.6) is 5.75 Å². The van der Waals surface area contributed by atoms with E-state index in [9.17, 15) is 9.90 Å². The Bertz CT molecular complexity index is 1000. The van der Waals surface area contributed by atoms with E-state index in [2.05, 4.69) is 41.5 Å². The summed E-state index contributed by atoms with van der Waals surface area (Å²) in [7, 11) is 3.74. The molecule has 5 rings (SSSR count). The van der Waals surface area contributed by atoms with Crippen molar-refractivity contribution in [2.24, 2.45) is 5.92 Å². The molecule has 0 radical (unpaired) electrons. The molecule has 176 valence electrons. The van der Waals surface area contributed by atoms with Crippen LogP contribution < -0.4 is 15.0 Å². The Morgan fingerprint density at radius 2 is 1.88 bits per heavy atom. The SMILES string of the molecule is COc1cccc(-c2ccc3c(c2)[C@@H]2[C@@H](CCN2C(=O)NC2CCCCC2)[C@H](CO)N3C)c1.